The molecule has 2 aromatic carbocycles. The first-order chi connectivity index (χ1) is 11.6. The molecule has 25 heavy (non-hydrogen) atoms. The third-order valence-electron chi connectivity index (χ3n) is 3.70. The zero-order valence-corrected chi connectivity index (χ0v) is 14.8. The van der Waals surface area contributed by atoms with E-state index in [9.17, 15) is 18.3 Å². The first-order valence-corrected chi connectivity index (χ1v) is 9.40. The highest BCUT2D eigenvalue weighted by Gasteiger charge is 2.41. The summed E-state index contributed by atoms with van der Waals surface area (Å²) in [4.78, 5) is 14.3. The van der Waals surface area contributed by atoms with Gasteiger partial charge in [0.2, 0.25) is 10.0 Å². The third kappa shape index (κ3) is 3.39. The number of phenolic OH excluding ortho intramolecular Hbond substituents is 1. The molecule has 0 radical (unpaired) electrons. The molecule has 1 heterocycles. The second-order valence-electron chi connectivity index (χ2n) is 6.33. The maximum absolute atomic E-state index is 12.8. The van der Waals surface area contributed by atoms with Crippen LogP contribution in [0.2, 0.25) is 0 Å². The lowest BCUT2D eigenvalue weighted by atomic mass is 10.0. The summed E-state index contributed by atoms with van der Waals surface area (Å²) in [5.41, 5.74) is 0.282. The third-order valence-corrected chi connectivity index (χ3v) is 4.30. The molecule has 0 unspecified atom stereocenters. The standard InChI is InChI=1S/C17H18N2O5S/c1-17(2)16(21)19(12-5-7-13(20)8-6-12)14-9-4-11(10-15(14)24-17)18-25(3,22)23/h4-10,18,20H,1-3H3. The minimum absolute atomic E-state index is 0.0941. The van der Waals surface area contributed by atoms with Gasteiger partial charge in [-0.1, -0.05) is 0 Å². The molecule has 0 bridgehead atoms. The number of phenols is 1. The van der Waals surface area contributed by atoms with Crippen molar-refractivity contribution in [3.8, 4) is 11.5 Å². The molecule has 0 atom stereocenters. The second-order valence-corrected chi connectivity index (χ2v) is 8.07. The van der Waals surface area contributed by atoms with E-state index in [-0.39, 0.29) is 11.7 Å². The fourth-order valence-electron chi connectivity index (χ4n) is 2.61. The number of carbonyl (C=O) groups is 1. The molecule has 0 fully saturated rings. The van der Waals surface area contributed by atoms with E-state index in [4.69, 9.17) is 4.74 Å². The van der Waals surface area contributed by atoms with Crippen LogP contribution in [0.25, 0.3) is 0 Å². The Morgan fingerprint density at radius 2 is 1.76 bits per heavy atom. The number of nitrogens with zero attached hydrogens (tertiary/aromatic N) is 1. The molecule has 3 rings (SSSR count). The Morgan fingerprint density at radius 3 is 2.36 bits per heavy atom. The molecule has 0 saturated heterocycles. The summed E-state index contributed by atoms with van der Waals surface area (Å²) in [6.45, 7) is 3.28. The van der Waals surface area contributed by atoms with Crippen LogP contribution < -0.4 is 14.4 Å². The first kappa shape index (κ1) is 17.1. The van der Waals surface area contributed by atoms with Gasteiger partial charge in [-0.3, -0.25) is 14.4 Å². The first-order valence-electron chi connectivity index (χ1n) is 7.51. The molecule has 1 amide bonds. The second kappa shape index (κ2) is 5.66. The molecule has 1 aliphatic heterocycles. The number of rotatable bonds is 3. The lowest BCUT2D eigenvalue weighted by Crippen LogP contribution is -2.50. The molecular formula is C17H18N2O5S. The highest BCUT2D eigenvalue weighted by Crippen LogP contribution is 2.43. The Bertz CT molecular complexity index is 936. The van der Waals surface area contributed by atoms with E-state index in [1.165, 1.54) is 23.1 Å². The van der Waals surface area contributed by atoms with Gasteiger partial charge in [-0.05, 0) is 50.2 Å². The van der Waals surface area contributed by atoms with Gasteiger partial charge in [0.15, 0.2) is 5.60 Å². The zero-order chi connectivity index (χ0) is 18.4. The van der Waals surface area contributed by atoms with Gasteiger partial charge in [-0.2, -0.15) is 0 Å². The fourth-order valence-corrected chi connectivity index (χ4v) is 3.17. The molecule has 1 aliphatic rings. The van der Waals surface area contributed by atoms with Crippen molar-refractivity contribution in [2.24, 2.45) is 0 Å². The number of fused-ring (bicyclic) bond motifs is 1. The number of sulfonamides is 1. The lowest BCUT2D eigenvalue weighted by Gasteiger charge is -2.39. The summed E-state index contributed by atoms with van der Waals surface area (Å²) in [5, 5.41) is 9.47. The number of hydrogen-bond donors (Lipinski definition) is 2. The van der Waals surface area contributed by atoms with E-state index < -0.39 is 15.6 Å². The van der Waals surface area contributed by atoms with Gasteiger partial charge in [-0.15, -0.1) is 0 Å². The predicted octanol–water partition coefficient (Wildman–Crippen LogP) is 2.60. The summed E-state index contributed by atoms with van der Waals surface area (Å²) >= 11 is 0. The normalized spacial score (nSPS) is 16.1. The van der Waals surface area contributed by atoms with Crippen LogP contribution in [0.15, 0.2) is 42.5 Å². The van der Waals surface area contributed by atoms with Gasteiger partial charge in [-0.25, -0.2) is 8.42 Å². The minimum Gasteiger partial charge on any atom is -0.508 e. The van der Waals surface area contributed by atoms with Gasteiger partial charge in [0, 0.05) is 11.8 Å². The summed E-state index contributed by atoms with van der Waals surface area (Å²) in [5.74, 6) is 0.206. The van der Waals surface area contributed by atoms with Crippen LogP contribution >= 0.6 is 0 Å². The summed E-state index contributed by atoms with van der Waals surface area (Å²) < 4.78 is 31.0. The summed E-state index contributed by atoms with van der Waals surface area (Å²) in [7, 11) is -3.43. The maximum Gasteiger partial charge on any atom is 0.275 e. The minimum atomic E-state index is -3.43. The van der Waals surface area contributed by atoms with Gasteiger partial charge < -0.3 is 9.84 Å². The van der Waals surface area contributed by atoms with Crippen LogP contribution in [0.3, 0.4) is 0 Å². The molecular weight excluding hydrogens is 344 g/mol. The number of hydrogen-bond acceptors (Lipinski definition) is 5. The highest BCUT2D eigenvalue weighted by molar-refractivity contribution is 7.92. The van der Waals surface area contributed by atoms with E-state index >= 15 is 0 Å². The van der Waals surface area contributed by atoms with Crippen LogP contribution in [0.4, 0.5) is 17.1 Å². The van der Waals surface area contributed by atoms with Gasteiger partial charge >= 0.3 is 0 Å². The van der Waals surface area contributed by atoms with Crippen molar-refractivity contribution in [2.75, 3.05) is 15.9 Å². The number of aromatic hydroxyl groups is 1. The molecule has 0 spiro atoms. The Kier molecular flexibility index (Phi) is 3.87. The average molecular weight is 362 g/mol. The predicted molar refractivity (Wildman–Crippen MR) is 94.9 cm³/mol. The lowest BCUT2D eigenvalue weighted by molar-refractivity contribution is -0.131. The molecule has 0 aliphatic carbocycles. The summed E-state index contributed by atoms with van der Waals surface area (Å²) in [6.07, 6.45) is 1.06. The Balaban J connectivity index is 2.11. The van der Waals surface area contributed by atoms with Crippen LogP contribution in [0, 0.1) is 0 Å². The highest BCUT2D eigenvalue weighted by atomic mass is 32.2. The Morgan fingerprint density at radius 1 is 1.12 bits per heavy atom. The fraction of sp³-hybridized carbons (Fsp3) is 0.235. The van der Waals surface area contributed by atoms with E-state index in [2.05, 4.69) is 4.72 Å². The van der Waals surface area contributed by atoms with E-state index in [0.717, 1.165) is 6.26 Å². The topological polar surface area (TPSA) is 95.9 Å². The number of anilines is 3. The van der Waals surface area contributed by atoms with Crippen molar-refractivity contribution in [1.82, 2.24) is 0 Å². The van der Waals surface area contributed by atoms with Crippen LogP contribution in [0.1, 0.15) is 13.8 Å². The van der Waals surface area contributed by atoms with Crippen molar-refractivity contribution in [1.29, 1.82) is 0 Å². The quantitative estimate of drug-likeness (QED) is 0.875. The van der Waals surface area contributed by atoms with Crippen LogP contribution in [-0.4, -0.2) is 31.3 Å². The smallest absolute Gasteiger partial charge is 0.275 e. The number of benzene rings is 2. The monoisotopic (exact) mass is 362 g/mol. The van der Waals surface area contributed by atoms with Crippen molar-refractivity contribution in [2.45, 2.75) is 19.4 Å². The van der Waals surface area contributed by atoms with Crippen molar-refractivity contribution in [3.63, 3.8) is 0 Å². The largest absolute Gasteiger partial charge is 0.508 e. The van der Waals surface area contributed by atoms with E-state index in [0.29, 0.717) is 22.8 Å². The van der Waals surface area contributed by atoms with Crippen LogP contribution in [-0.2, 0) is 14.8 Å². The van der Waals surface area contributed by atoms with Gasteiger partial charge in [0.25, 0.3) is 5.91 Å². The Labute approximate surface area is 145 Å². The number of carbonyl (C=O) groups excluding carboxylic acids is 1. The van der Waals surface area contributed by atoms with Gasteiger partial charge in [0.1, 0.15) is 11.5 Å². The number of ether oxygens (including phenoxy) is 1. The van der Waals surface area contributed by atoms with E-state index in [1.54, 1.807) is 38.1 Å². The molecule has 132 valence electrons. The van der Waals surface area contributed by atoms with Crippen molar-refractivity contribution in [3.05, 3.63) is 42.5 Å². The molecule has 8 heteroatoms. The van der Waals surface area contributed by atoms with Crippen molar-refractivity contribution >= 4 is 33.0 Å². The Hall–Kier alpha value is -2.74. The molecule has 0 aromatic heterocycles. The molecule has 2 aromatic rings. The summed E-state index contributed by atoms with van der Waals surface area (Å²) in [6, 6.07) is 10.9. The van der Waals surface area contributed by atoms with E-state index in [1.807, 2.05) is 0 Å². The van der Waals surface area contributed by atoms with Crippen LogP contribution in [0.5, 0.6) is 11.5 Å². The zero-order valence-electron chi connectivity index (χ0n) is 14.0. The SMILES string of the molecule is CC1(C)Oc2cc(NS(C)(=O)=O)ccc2N(c2ccc(O)cc2)C1=O. The average Bonchev–Trinajstić information content (AvgIpc) is 2.48. The molecule has 2 N–H and O–H groups in total. The number of nitrogens with one attached hydrogen (secondary N) is 1. The van der Waals surface area contributed by atoms with Gasteiger partial charge in [0.05, 0.1) is 17.6 Å². The maximum atomic E-state index is 12.8. The molecule has 0 saturated carbocycles. The number of amides is 1. The van der Waals surface area contributed by atoms with Crippen molar-refractivity contribution < 1.29 is 23.1 Å². The molecule has 7 nitrogen and oxygen atoms in total.